The molecular formula is C16H22N2O3S. The molecule has 1 aromatic heterocycles. The van der Waals surface area contributed by atoms with Crippen LogP contribution in [0.1, 0.15) is 18.9 Å². The zero-order valence-corrected chi connectivity index (χ0v) is 13.6. The van der Waals surface area contributed by atoms with E-state index in [2.05, 4.69) is 4.98 Å². The van der Waals surface area contributed by atoms with E-state index >= 15 is 0 Å². The first-order chi connectivity index (χ1) is 10.6. The molecule has 120 valence electrons. The zero-order valence-electron chi connectivity index (χ0n) is 12.8. The van der Waals surface area contributed by atoms with Gasteiger partial charge in [-0.1, -0.05) is 13.0 Å². The van der Waals surface area contributed by atoms with Crippen LogP contribution in [-0.4, -0.2) is 43.2 Å². The van der Waals surface area contributed by atoms with Crippen LogP contribution in [0.25, 0.3) is 10.9 Å². The van der Waals surface area contributed by atoms with Crippen LogP contribution in [0.5, 0.6) is 0 Å². The number of ether oxygens (including phenoxy) is 1. The van der Waals surface area contributed by atoms with Crippen molar-refractivity contribution in [1.29, 1.82) is 0 Å². The van der Waals surface area contributed by atoms with Gasteiger partial charge in [0.15, 0.2) is 0 Å². The van der Waals surface area contributed by atoms with Gasteiger partial charge in [0.1, 0.15) is 0 Å². The Morgan fingerprint density at radius 3 is 2.95 bits per heavy atom. The van der Waals surface area contributed by atoms with Gasteiger partial charge in [0.25, 0.3) is 0 Å². The van der Waals surface area contributed by atoms with Crippen LogP contribution in [0.15, 0.2) is 30.5 Å². The fraction of sp³-hybridized carbons (Fsp3) is 0.500. The van der Waals surface area contributed by atoms with Crippen LogP contribution < -0.4 is 0 Å². The lowest BCUT2D eigenvalue weighted by Gasteiger charge is -2.22. The lowest BCUT2D eigenvalue weighted by molar-refractivity contribution is 0.188. The number of aromatic nitrogens is 1. The Bertz CT molecular complexity index is 733. The van der Waals surface area contributed by atoms with E-state index < -0.39 is 10.0 Å². The van der Waals surface area contributed by atoms with Gasteiger partial charge in [0.05, 0.1) is 12.4 Å². The minimum Gasteiger partial charge on any atom is -0.381 e. The van der Waals surface area contributed by atoms with Crippen LogP contribution in [0.4, 0.5) is 0 Å². The lowest BCUT2D eigenvalue weighted by atomic mass is 10.1. The summed E-state index contributed by atoms with van der Waals surface area (Å²) in [6.07, 6.45) is 2.73. The fourth-order valence-electron chi connectivity index (χ4n) is 2.93. The second-order valence-electron chi connectivity index (χ2n) is 5.83. The van der Waals surface area contributed by atoms with E-state index in [9.17, 15) is 8.42 Å². The predicted molar refractivity (Wildman–Crippen MR) is 87.1 cm³/mol. The highest BCUT2D eigenvalue weighted by atomic mass is 32.2. The Morgan fingerprint density at radius 2 is 2.23 bits per heavy atom. The molecule has 1 saturated heterocycles. The average molecular weight is 322 g/mol. The Kier molecular flexibility index (Phi) is 4.52. The number of H-pyrrole nitrogens is 1. The van der Waals surface area contributed by atoms with E-state index in [1.807, 2.05) is 37.4 Å². The second kappa shape index (κ2) is 6.40. The van der Waals surface area contributed by atoms with Gasteiger partial charge < -0.3 is 9.72 Å². The normalized spacial score (nSPS) is 19.3. The smallest absolute Gasteiger partial charge is 0.214 e. The number of hydrogen-bond donors (Lipinski definition) is 1. The number of nitrogens with one attached hydrogen (secondary N) is 1. The monoisotopic (exact) mass is 322 g/mol. The predicted octanol–water partition coefficient (Wildman–Crippen LogP) is 2.36. The minimum absolute atomic E-state index is 0.131. The molecule has 0 spiro atoms. The first-order valence-corrected chi connectivity index (χ1v) is 9.31. The molecule has 0 bridgehead atoms. The van der Waals surface area contributed by atoms with Crippen LogP contribution in [0.2, 0.25) is 0 Å². The summed E-state index contributed by atoms with van der Waals surface area (Å²) in [7, 11) is -3.25. The van der Waals surface area contributed by atoms with Crippen LogP contribution in [0.3, 0.4) is 0 Å². The van der Waals surface area contributed by atoms with Crippen molar-refractivity contribution in [3.8, 4) is 0 Å². The first-order valence-electron chi connectivity index (χ1n) is 7.70. The van der Waals surface area contributed by atoms with Crippen LogP contribution in [-0.2, 0) is 21.3 Å². The molecule has 0 amide bonds. The summed E-state index contributed by atoms with van der Waals surface area (Å²) in [6, 6.07) is 8.02. The summed E-state index contributed by atoms with van der Waals surface area (Å²) in [5.74, 6) is 0.318. The Balaban J connectivity index is 1.74. The van der Waals surface area contributed by atoms with Crippen LogP contribution >= 0.6 is 0 Å². The van der Waals surface area contributed by atoms with Gasteiger partial charge >= 0.3 is 0 Å². The van der Waals surface area contributed by atoms with Gasteiger partial charge in [0, 0.05) is 31.4 Å². The van der Waals surface area contributed by atoms with Gasteiger partial charge in [-0.3, -0.25) is 0 Å². The Labute approximate surface area is 131 Å². The molecule has 3 rings (SSSR count). The fourth-order valence-corrected chi connectivity index (χ4v) is 4.74. The number of rotatable bonds is 6. The van der Waals surface area contributed by atoms with Crippen molar-refractivity contribution < 1.29 is 13.2 Å². The highest BCUT2D eigenvalue weighted by Gasteiger charge is 2.27. The van der Waals surface area contributed by atoms with Crippen molar-refractivity contribution in [2.45, 2.75) is 19.9 Å². The first kappa shape index (κ1) is 15.5. The zero-order chi connectivity index (χ0) is 15.6. The maximum atomic E-state index is 12.6. The lowest BCUT2D eigenvalue weighted by Crippen LogP contribution is -2.34. The largest absolute Gasteiger partial charge is 0.381 e. The molecule has 0 aliphatic carbocycles. The summed E-state index contributed by atoms with van der Waals surface area (Å²) in [6.45, 7) is 4.04. The van der Waals surface area contributed by atoms with Gasteiger partial charge in [-0.15, -0.1) is 0 Å². The summed E-state index contributed by atoms with van der Waals surface area (Å²) in [4.78, 5) is 3.15. The molecule has 22 heavy (non-hydrogen) atoms. The molecule has 1 atom stereocenters. The molecule has 1 aliphatic heterocycles. The van der Waals surface area contributed by atoms with E-state index in [1.54, 1.807) is 4.31 Å². The number of aromatic amines is 1. The highest BCUT2D eigenvalue weighted by Crippen LogP contribution is 2.20. The van der Waals surface area contributed by atoms with Crippen molar-refractivity contribution in [3.05, 3.63) is 36.0 Å². The van der Waals surface area contributed by atoms with Gasteiger partial charge in [-0.05, 0) is 41.5 Å². The summed E-state index contributed by atoms with van der Waals surface area (Å²) < 4.78 is 32.1. The summed E-state index contributed by atoms with van der Waals surface area (Å²) in [5, 5.41) is 1.11. The third-order valence-electron chi connectivity index (χ3n) is 4.19. The molecule has 2 heterocycles. The average Bonchev–Trinajstić information content (AvgIpc) is 3.14. The number of nitrogens with zero attached hydrogens (tertiary/aromatic N) is 1. The molecule has 0 unspecified atom stereocenters. The Hall–Kier alpha value is -1.37. The number of sulfonamides is 1. The summed E-state index contributed by atoms with van der Waals surface area (Å²) in [5.41, 5.74) is 2.08. The standard InChI is InChI=1S/C16H22N2O3S/c1-2-18(22(19,20)12-14-6-8-21-11-14)10-13-3-4-16-15(9-13)5-7-17-16/h3-5,7,9,14,17H,2,6,8,10-12H2,1H3/t14-/m0/s1. The van der Waals surface area contributed by atoms with Crippen molar-refractivity contribution in [2.75, 3.05) is 25.5 Å². The third kappa shape index (κ3) is 3.34. The second-order valence-corrected chi connectivity index (χ2v) is 7.85. The van der Waals surface area contributed by atoms with Crippen molar-refractivity contribution >= 4 is 20.9 Å². The number of fused-ring (bicyclic) bond motifs is 1. The molecule has 1 fully saturated rings. The topological polar surface area (TPSA) is 62.4 Å². The van der Waals surface area contributed by atoms with E-state index in [4.69, 9.17) is 4.74 Å². The maximum absolute atomic E-state index is 12.6. The molecule has 0 saturated carbocycles. The molecule has 6 heteroatoms. The van der Waals surface area contributed by atoms with E-state index in [-0.39, 0.29) is 11.7 Å². The van der Waals surface area contributed by atoms with Crippen molar-refractivity contribution in [3.63, 3.8) is 0 Å². The quantitative estimate of drug-likeness (QED) is 0.888. The number of benzene rings is 1. The molecular weight excluding hydrogens is 300 g/mol. The van der Waals surface area contributed by atoms with Crippen LogP contribution in [0, 0.1) is 5.92 Å². The third-order valence-corrected chi connectivity index (χ3v) is 6.26. The Morgan fingerprint density at radius 1 is 1.36 bits per heavy atom. The molecule has 0 radical (unpaired) electrons. The van der Waals surface area contributed by atoms with E-state index in [0.717, 1.165) is 22.9 Å². The van der Waals surface area contributed by atoms with Gasteiger partial charge in [-0.2, -0.15) is 4.31 Å². The highest BCUT2D eigenvalue weighted by molar-refractivity contribution is 7.89. The van der Waals surface area contributed by atoms with E-state index in [0.29, 0.717) is 26.3 Å². The maximum Gasteiger partial charge on any atom is 0.214 e. The minimum atomic E-state index is -3.25. The van der Waals surface area contributed by atoms with E-state index in [1.165, 1.54) is 0 Å². The molecule has 1 N–H and O–H groups in total. The van der Waals surface area contributed by atoms with Crippen molar-refractivity contribution in [2.24, 2.45) is 5.92 Å². The SMILES string of the molecule is CCN(Cc1ccc2[nH]ccc2c1)S(=O)(=O)C[C@H]1CCOC1. The molecule has 1 aromatic carbocycles. The molecule has 5 nitrogen and oxygen atoms in total. The van der Waals surface area contributed by atoms with Gasteiger partial charge in [-0.25, -0.2) is 8.42 Å². The summed E-state index contributed by atoms with van der Waals surface area (Å²) >= 11 is 0. The van der Waals surface area contributed by atoms with Crippen molar-refractivity contribution in [1.82, 2.24) is 9.29 Å². The molecule has 1 aliphatic rings. The molecule has 2 aromatic rings. The van der Waals surface area contributed by atoms with Gasteiger partial charge in [0.2, 0.25) is 10.0 Å². The number of hydrogen-bond acceptors (Lipinski definition) is 3.